The van der Waals surface area contributed by atoms with Crippen LogP contribution in [-0.4, -0.2) is 27.0 Å². The van der Waals surface area contributed by atoms with Crippen LogP contribution in [0.15, 0.2) is 60.9 Å². The number of pyridine rings is 1. The number of nitrogens with one attached hydrogen (secondary N) is 1. The fourth-order valence-electron chi connectivity index (χ4n) is 3.82. The molecule has 2 heterocycles. The van der Waals surface area contributed by atoms with Crippen LogP contribution in [-0.2, 0) is 13.1 Å². The number of carbonyl (C=O) groups is 1. The number of amides is 1. The molecule has 4 aromatic rings. The quantitative estimate of drug-likeness (QED) is 0.334. The third kappa shape index (κ3) is 5.52. The van der Waals surface area contributed by atoms with Gasteiger partial charge in [-0.05, 0) is 74.2 Å². The molecule has 0 fully saturated rings. The number of fused-ring (bicyclic) bond motifs is 1. The summed E-state index contributed by atoms with van der Waals surface area (Å²) in [6, 6.07) is 15.5. The normalized spacial score (nSPS) is 11.0. The summed E-state index contributed by atoms with van der Waals surface area (Å²) < 4.78 is 8.12. The number of carbonyl (C=O) groups excluding carboxylic acids is 1. The van der Waals surface area contributed by atoms with Gasteiger partial charge in [-0.2, -0.15) is 0 Å². The van der Waals surface area contributed by atoms with Crippen molar-refractivity contribution in [1.82, 2.24) is 19.9 Å². The van der Waals surface area contributed by atoms with E-state index in [1.54, 1.807) is 24.5 Å². The number of halogens is 1. The third-order valence-electron chi connectivity index (χ3n) is 5.52. The van der Waals surface area contributed by atoms with Gasteiger partial charge in [0.05, 0.1) is 29.7 Å². The Morgan fingerprint density at radius 3 is 2.64 bits per heavy atom. The van der Waals surface area contributed by atoms with E-state index >= 15 is 0 Å². The van der Waals surface area contributed by atoms with Gasteiger partial charge in [0.1, 0.15) is 11.6 Å². The van der Waals surface area contributed by atoms with Crippen LogP contribution in [0, 0.1) is 13.8 Å². The van der Waals surface area contributed by atoms with Crippen molar-refractivity contribution in [3.8, 4) is 5.75 Å². The van der Waals surface area contributed by atoms with Gasteiger partial charge in [0, 0.05) is 24.0 Å². The highest BCUT2D eigenvalue weighted by Gasteiger charge is 2.12. The van der Waals surface area contributed by atoms with E-state index in [9.17, 15) is 4.79 Å². The number of ether oxygens (including phenoxy) is 1. The van der Waals surface area contributed by atoms with E-state index in [2.05, 4.69) is 20.9 Å². The van der Waals surface area contributed by atoms with Crippen LogP contribution in [0.4, 0.5) is 0 Å². The van der Waals surface area contributed by atoms with Crippen molar-refractivity contribution in [3.05, 3.63) is 88.5 Å². The first-order valence-electron chi connectivity index (χ1n) is 11.0. The summed E-state index contributed by atoms with van der Waals surface area (Å²) in [5.74, 6) is 1.52. The maximum atomic E-state index is 12.4. The lowest BCUT2D eigenvalue weighted by Crippen LogP contribution is -2.25. The van der Waals surface area contributed by atoms with Gasteiger partial charge in [-0.1, -0.05) is 23.7 Å². The van der Waals surface area contributed by atoms with E-state index in [0.29, 0.717) is 18.7 Å². The zero-order chi connectivity index (χ0) is 23.2. The van der Waals surface area contributed by atoms with Gasteiger partial charge >= 0.3 is 0 Å². The average molecular weight is 463 g/mol. The van der Waals surface area contributed by atoms with Crippen LogP contribution in [0.3, 0.4) is 0 Å². The molecule has 1 amide bonds. The Labute approximate surface area is 198 Å². The predicted molar refractivity (Wildman–Crippen MR) is 131 cm³/mol. The Hall–Kier alpha value is -3.38. The number of imidazole rings is 1. The van der Waals surface area contributed by atoms with Gasteiger partial charge < -0.3 is 14.6 Å². The number of rotatable bonds is 9. The molecule has 33 heavy (non-hydrogen) atoms. The van der Waals surface area contributed by atoms with Gasteiger partial charge in [0.15, 0.2) is 0 Å². The lowest BCUT2D eigenvalue weighted by atomic mass is 10.1. The molecule has 0 aliphatic rings. The highest BCUT2D eigenvalue weighted by molar-refractivity contribution is 6.32. The van der Waals surface area contributed by atoms with Crippen molar-refractivity contribution in [2.45, 2.75) is 39.8 Å². The van der Waals surface area contributed by atoms with E-state index in [1.165, 1.54) is 0 Å². The average Bonchev–Trinajstić information content (AvgIpc) is 3.18. The first-order valence-corrected chi connectivity index (χ1v) is 11.4. The third-order valence-corrected chi connectivity index (χ3v) is 6.12. The molecule has 7 heteroatoms. The molecule has 0 atom stereocenters. The van der Waals surface area contributed by atoms with Gasteiger partial charge in [-0.15, -0.1) is 0 Å². The van der Waals surface area contributed by atoms with Crippen molar-refractivity contribution in [1.29, 1.82) is 0 Å². The first kappa shape index (κ1) is 22.8. The van der Waals surface area contributed by atoms with Crippen molar-refractivity contribution in [3.63, 3.8) is 0 Å². The topological polar surface area (TPSA) is 69.0 Å². The van der Waals surface area contributed by atoms with E-state index < -0.39 is 0 Å². The van der Waals surface area contributed by atoms with Crippen molar-refractivity contribution in [2.24, 2.45) is 0 Å². The number of benzene rings is 2. The molecule has 6 nitrogen and oxygen atoms in total. The van der Waals surface area contributed by atoms with E-state index in [4.69, 9.17) is 21.3 Å². The molecule has 0 bridgehead atoms. The number of unbranched alkanes of at least 4 members (excludes halogenated alkanes) is 1. The number of aryl methyl sites for hydroxylation is 3. The molecule has 2 aromatic heterocycles. The number of hydrogen-bond donors (Lipinski definition) is 1. The van der Waals surface area contributed by atoms with Crippen molar-refractivity contribution >= 4 is 28.5 Å². The Bertz CT molecular complexity index is 1230. The second kappa shape index (κ2) is 10.5. The molecule has 1 N–H and O–H groups in total. The zero-order valence-electron chi connectivity index (χ0n) is 18.8. The molecule has 0 spiro atoms. The minimum absolute atomic E-state index is 0.163. The summed E-state index contributed by atoms with van der Waals surface area (Å²) in [5, 5.41) is 3.75. The fraction of sp³-hybridized carbons (Fsp3) is 0.269. The Kier molecular flexibility index (Phi) is 7.25. The molecule has 0 aliphatic heterocycles. The summed E-state index contributed by atoms with van der Waals surface area (Å²) >= 11 is 6.24. The van der Waals surface area contributed by atoms with E-state index in [1.807, 2.05) is 44.2 Å². The molecule has 0 aliphatic carbocycles. The number of nitrogens with zero attached hydrogens (tertiary/aromatic N) is 3. The maximum Gasteiger partial charge on any atom is 0.253 e. The van der Waals surface area contributed by atoms with Gasteiger partial charge in [-0.25, -0.2) is 4.98 Å². The van der Waals surface area contributed by atoms with Crippen LogP contribution in [0.25, 0.3) is 11.0 Å². The SMILES string of the molecule is Cc1cc(OCCCCn2c(CNC(=O)c3cccnc3)nc3ccccc32)cc(C)c1Cl. The lowest BCUT2D eigenvalue weighted by molar-refractivity contribution is 0.0949. The molecule has 4 rings (SSSR count). The summed E-state index contributed by atoms with van der Waals surface area (Å²) in [6.07, 6.45) is 5.03. The molecule has 0 radical (unpaired) electrons. The molecular formula is C26H27ClN4O2. The van der Waals surface area contributed by atoms with Crippen LogP contribution in [0.5, 0.6) is 5.75 Å². The molecule has 170 valence electrons. The monoisotopic (exact) mass is 462 g/mol. The van der Waals surface area contributed by atoms with Crippen molar-refractivity contribution < 1.29 is 9.53 Å². The Balaban J connectivity index is 1.37. The second-order valence-electron chi connectivity index (χ2n) is 8.02. The van der Waals surface area contributed by atoms with Gasteiger partial charge in [0.25, 0.3) is 5.91 Å². The van der Waals surface area contributed by atoms with Crippen LogP contribution in [0.2, 0.25) is 5.02 Å². The van der Waals surface area contributed by atoms with Crippen LogP contribution in [0.1, 0.15) is 40.2 Å². The molecule has 2 aromatic carbocycles. The van der Waals surface area contributed by atoms with E-state index in [0.717, 1.165) is 58.1 Å². The largest absolute Gasteiger partial charge is 0.494 e. The van der Waals surface area contributed by atoms with Gasteiger partial charge in [0.2, 0.25) is 0 Å². The summed E-state index contributed by atoms with van der Waals surface area (Å²) in [4.78, 5) is 21.2. The minimum atomic E-state index is -0.163. The second-order valence-corrected chi connectivity index (χ2v) is 8.40. The number of para-hydroxylation sites is 2. The zero-order valence-corrected chi connectivity index (χ0v) is 19.6. The predicted octanol–water partition coefficient (Wildman–Crippen LogP) is 5.49. The molecule has 0 saturated heterocycles. The standard InChI is InChI=1S/C26H27ClN4O2/c1-18-14-21(15-19(2)25(18)27)33-13-6-5-12-31-23-10-4-3-9-22(23)30-24(31)17-29-26(32)20-8-7-11-28-16-20/h3-4,7-11,14-16H,5-6,12-13,17H2,1-2H3,(H,29,32). The van der Waals surface area contributed by atoms with Crippen LogP contribution >= 0.6 is 11.6 Å². The van der Waals surface area contributed by atoms with E-state index in [-0.39, 0.29) is 5.91 Å². The molecular weight excluding hydrogens is 436 g/mol. The fourth-order valence-corrected chi connectivity index (χ4v) is 3.93. The first-order chi connectivity index (χ1) is 16.0. The smallest absolute Gasteiger partial charge is 0.253 e. The number of aromatic nitrogens is 3. The number of hydrogen-bond acceptors (Lipinski definition) is 4. The molecule has 0 unspecified atom stereocenters. The summed E-state index contributed by atoms with van der Waals surface area (Å²) in [7, 11) is 0. The van der Waals surface area contributed by atoms with Crippen molar-refractivity contribution in [2.75, 3.05) is 6.61 Å². The summed E-state index contributed by atoms with van der Waals surface area (Å²) in [5.41, 5.74) is 4.56. The highest BCUT2D eigenvalue weighted by atomic mass is 35.5. The van der Waals surface area contributed by atoms with Gasteiger partial charge in [-0.3, -0.25) is 9.78 Å². The Morgan fingerprint density at radius 1 is 1.09 bits per heavy atom. The van der Waals surface area contributed by atoms with Crippen LogP contribution < -0.4 is 10.1 Å². The lowest BCUT2D eigenvalue weighted by Gasteiger charge is -2.12. The maximum absolute atomic E-state index is 12.4. The Morgan fingerprint density at radius 2 is 1.88 bits per heavy atom. The highest BCUT2D eigenvalue weighted by Crippen LogP contribution is 2.26. The minimum Gasteiger partial charge on any atom is -0.494 e. The molecule has 0 saturated carbocycles. The summed E-state index contributed by atoms with van der Waals surface area (Å²) in [6.45, 7) is 5.74.